The number of aromatic nitrogens is 2. The first kappa shape index (κ1) is 22.5. The Morgan fingerprint density at radius 1 is 1.34 bits per heavy atom. The summed E-state index contributed by atoms with van der Waals surface area (Å²) in [5.41, 5.74) is 2.09. The van der Waals surface area contributed by atoms with E-state index in [9.17, 15) is 9.59 Å². The lowest BCUT2D eigenvalue weighted by Gasteiger charge is -2.29. The molecule has 32 heavy (non-hydrogen) atoms. The fourth-order valence-electron chi connectivity index (χ4n) is 3.73. The number of hydrogen-bond acceptors (Lipinski definition) is 7. The standard InChI is InChI=1S/C23H29N3O5S/c1-5-29-20(27)19-14-26-18-11-15(8-9-17(18)24-21(26)32-19)12-25(13-16-7-6-10-30-16)22(28)31-23(2,3)4/h8-9,11,14,16H,5-7,10,12-13H2,1-4H3/t16-/m1/s1. The maximum absolute atomic E-state index is 12.9. The Labute approximate surface area is 191 Å². The van der Waals surface area contributed by atoms with Crippen LogP contribution in [0.1, 0.15) is 55.8 Å². The van der Waals surface area contributed by atoms with Gasteiger partial charge in [-0.1, -0.05) is 17.4 Å². The largest absolute Gasteiger partial charge is 0.462 e. The van der Waals surface area contributed by atoms with Gasteiger partial charge in [0.2, 0.25) is 0 Å². The number of imidazole rings is 1. The van der Waals surface area contributed by atoms with Gasteiger partial charge in [-0.25, -0.2) is 14.6 Å². The van der Waals surface area contributed by atoms with Crippen molar-refractivity contribution in [1.82, 2.24) is 14.3 Å². The molecule has 172 valence electrons. The SMILES string of the molecule is CCOC(=O)c1cn2c(nc3ccc(CN(C[C@H]4CCCO4)C(=O)OC(C)(C)C)cc32)s1. The minimum Gasteiger partial charge on any atom is -0.462 e. The van der Waals surface area contributed by atoms with Crippen LogP contribution in [0.2, 0.25) is 0 Å². The van der Waals surface area contributed by atoms with Crippen molar-refractivity contribution < 1.29 is 23.8 Å². The molecule has 1 saturated heterocycles. The highest BCUT2D eigenvalue weighted by Crippen LogP contribution is 2.26. The molecule has 2 aromatic heterocycles. The summed E-state index contributed by atoms with van der Waals surface area (Å²) in [6.07, 6.45) is 3.37. The number of carbonyl (C=O) groups is 2. The van der Waals surface area contributed by atoms with Crippen LogP contribution in [0.4, 0.5) is 4.79 Å². The zero-order chi connectivity index (χ0) is 22.9. The quantitative estimate of drug-likeness (QED) is 0.500. The smallest absolute Gasteiger partial charge is 0.410 e. The number of fused-ring (bicyclic) bond motifs is 3. The number of amides is 1. The van der Waals surface area contributed by atoms with Crippen molar-refractivity contribution in [3.05, 3.63) is 34.8 Å². The van der Waals surface area contributed by atoms with Crippen molar-refractivity contribution in [3.8, 4) is 0 Å². The second kappa shape index (κ2) is 9.07. The van der Waals surface area contributed by atoms with Crippen LogP contribution >= 0.6 is 11.3 Å². The summed E-state index contributed by atoms with van der Waals surface area (Å²) in [5, 5.41) is 0. The first-order valence-corrected chi connectivity index (χ1v) is 11.7. The molecule has 0 unspecified atom stereocenters. The first-order valence-electron chi connectivity index (χ1n) is 10.9. The van der Waals surface area contributed by atoms with E-state index in [2.05, 4.69) is 4.98 Å². The molecule has 8 nitrogen and oxygen atoms in total. The Bertz CT molecular complexity index is 1120. The molecule has 3 aromatic rings. The van der Waals surface area contributed by atoms with Crippen molar-refractivity contribution in [2.45, 2.75) is 58.8 Å². The van der Waals surface area contributed by atoms with E-state index in [0.717, 1.165) is 41.0 Å². The van der Waals surface area contributed by atoms with E-state index in [4.69, 9.17) is 14.2 Å². The molecule has 1 aromatic carbocycles. The van der Waals surface area contributed by atoms with Gasteiger partial charge in [-0.3, -0.25) is 4.40 Å². The average Bonchev–Trinajstić information content (AvgIpc) is 3.42. The molecule has 0 spiro atoms. The molecule has 0 aliphatic carbocycles. The highest BCUT2D eigenvalue weighted by atomic mass is 32.1. The van der Waals surface area contributed by atoms with E-state index >= 15 is 0 Å². The first-order chi connectivity index (χ1) is 15.2. The molecule has 1 aliphatic rings. The van der Waals surface area contributed by atoms with Crippen molar-refractivity contribution >= 4 is 39.4 Å². The number of esters is 1. The van der Waals surface area contributed by atoms with Gasteiger partial charge in [0.05, 0.1) is 30.3 Å². The van der Waals surface area contributed by atoms with Gasteiger partial charge in [0.1, 0.15) is 10.5 Å². The Morgan fingerprint density at radius 2 is 2.16 bits per heavy atom. The number of nitrogens with zero attached hydrogens (tertiary/aromatic N) is 3. The molecule has 0 radical (unpaired) electrons. The van der Waals surface area contributed by atoms with Crippen molar-refractivity contribution in [1.29, 1.82) is 0 Å². The van der Waals surface area contributed by atoms with E-state index in [1.807, 2.05) is 43.4 Å². The van der Waals surface area contributed by atoms with Gasteiger partial charge in [-0.2, -0.15) is 0 Å². The monoisotopic (exact) mass is 459 g/mol. The zero-order valence-corrected chi connectivity index (χ0v) is 19.7. The van der Waals surface area contributed by atoms with E-state index in [1.165, 1.54) is 11.3 Å². The second-order valence-corrected chi connectivity index (χ2v) is 9.91. The maximum atomic E-state index is 12.9. The van der Waals surface area contributed by atoms with Gasteiger partial charge in [-0.15, -0.1) is 0 Å². The van der Waals surface area contributed by atoms with Crippen LogP contribution in [0.15, 0.2) is 24.4 Å². The third-order valence-corrected chi connectivity index (χ3v) is 6.08. The van der Waals surface area contributed by atoms with Gasteiger partial charge in [0, 0.05) is 19.3 Å². The van der Waals surface area contributed by atoms with E-state index < -0.39 is 5.60 Å². The predicted octanol–water partition coefficient (Wildman–Crippen LogP) is 4.64. The second-order valence-electron chi connectivity index (χ2n) is 8.90. The number of benzene rings is 1. The van der Waals surface area contributed by atoms with Crippen LogP contribution in [0.25, 0.3) is 16.0 Å². The Kier molecular flexibility index (Phi) is 6.39. The van der Waals surface area contributed by atoms with Crippen LogP contribution < -0.4 is 0 Å². The summed E-state index contributed by atoms with van der Waals surface area (Å²) in [5.74, 6) is -0.347. The topological polar surface area (TPSA) is 82.4 Å². The molecule has 1 atom stereocenters. The van der Waals surface area contributed by atoms with E-state index in [-0.39, 0.29) is 18.2 Å². The molecular weight excluding hydrogens is 430 g/mol. The lowest BCUT2D eigenvalue weighted by atomic mass is 10.1. The fourth-order valence-corrected chi connectivity index (χ4v) is 4.63. The molecule has 4 rings (SSSR count). The van der Waals surface area contributed by atoms with Gasteiger partial charge < -0.3 is 19.1 Å². The normalized spacial score (nSPS) is 16.6. The van der Waals surface area contributed by atoms with Crippen molar-refractivity contribution in [3.63, 3.8) is 0 Å². The van der Waals surface area contributed by atoms with Crippen LogP contribution in [-0.4, -0.2) is 57.8 Å². The molecular formula is C23H29N3O5S. The summed E-state index contributed by atoms with van der Waals surface area (Å²) in [6, 6.07) is 5.91. The van der Waals surface area contributed by atoms with E-state index in [0.29, 0.717) is 24.6 Å². The number of rotatable bonds is 6. The van der Waals surface area contributed by atoms with Crippen LogP contribution in [-0.2, 0) is 20.8 Å². The summed E-state index contributed by atoms with van der Waals surface area (Å²) in [6.45, 7) is 9.31. The van der Waals surface area contributed by atoms with Gasteiger partial charge in [-0.05, 0) is 58.2 Å². The molecule has 0 bridgehead atoms. The molecule has 1 fully saturated rings. The van der Waals surface area contributed by atoms with Gasteiger partial charge in [0.15, 0.2) is 4.96 Å². The molecule has 9 heteroatoms. The van der Waals surface area contributed by atoms with Gasteiger partial charge >= 0.3 is 12.1 Å². The third kappa shape index (κ3) is 5.05. The summed E-state index contributed by atoms with van der Waals surface area (Å²) >= 11 is 1.30. The minimum atomic E-state index is -0.576. The number of carbonyl (C=O) groups excluding carboxylic acids is 2. The molecule has 1 amide bonds. The van der Waals surface area contributed by atoms with Crippen LogP contribution in [0, 0.1) is 0 Å². The molecule has 0 saturated carbocycles. The lowest BCUT2D eigenvalue weighted by Crippen LogP contribution is -2.40. The number of hydrogen-bond donors (Lipinski definition) is 0. The Balaban J connectivity index is 1.60. The Morgan fingerprint density at radius 3 is 2.84 bits per heavy atom. The zero-order valence-electron chi connectivity index (χ0n) is 18.9. The fraction of sp³-hybridized carbons (Fsp3) is 0.522. The van der Waals surface area contributed by atoms with Crippen LogP contribution in [0.3, 0.4) is 0 Å². The highest BCUT2D eigenvalue weighted by molar-refractivity contribution is 7.18. The molecule has 3 heterocycles. The van der Waals surface area contributed by atoms with Gasteiger partial charge in [0.25, 0.3) is 0 Å². The maximum Gasteiger partial charge on any atom is 0.410 e. The third-order valence-electron chi connectivity index (χ3n) is 5.12. The predicted molar refractivity (Wildman–Crippen MR) is 122 cm³/mol. The minimum absolute atomic E-state index is 0.0249. The summed E-state index contributed by atoms with van der Waals surface area (Å²) < 4.78 is 18.4. The Hall–Kier alpha value is -2.65. The van der Waals surface area contributed by atoms with E-state index in [1.54, 1.807) is 18.0 Å². The number of ether oxygens (including phenoxy) is 3. The van der Waals surface area contributed by atoms with Crippen molar-refractivity contribution in [2.24, 2.45) is 0 Å². The lowest BCUT2D eigenvalue weighted by molar-refractivity contribution is 0.00859. The number of thiazole rings is 1. The molecule has 1 aliphatic heterocycles. The van der Waals surface area contributed by atoms with Crippen LogP contribution in [0.5, 0.6) is 0 Å². The average molecular weight is 460 g/mol. The molecule has 0 N–H and O–H groups in total. The summed E-state index contributed by atoms with van der Waals surface area (Å²) in [7, 11) is 0. The van der Waals surface area contributed by atoms with Crippen molar-refractivity contribution in [2.75, 3.05) is 19.8 Å². The highest BCUT2D eigenvalue weighted by Gasteiger charge is 2.27. The summed E-state index contributed by atoms with van der Waals surface area (Å²) in [4.78, 5) is 32.5.